The molecule has 2 N–H and O–H groups in total. The SMILES string of the molecule is C#Cc1cccc(NC(=O)CCn2c(-c3cccs3)n[nH]c2=S)c1. The number of terminal acetylenes is 1. The monoisotopic (exact) mass is 354 g/mol. The Balaban J connectivity index is 1.68. The molecule has 0 spiro atoms. The minimum atomic E-state index is -0.107. The number of amides is 1. The van der Waals surface area contributed by atoms with Crippen molar-refractivity contribution in [1.82, 2.24) is 14.8 Å². The molecule has 0 aliphatic carbocycles. The number of thiophene rings is 1. The first kappa shape index (κ1) is 16.2. The normalized spacial score (nSPS) is 10.3. The minimum absolute atomic E-state index is 0.107. The van der Waals surface area contributed by atoms with Crippen molar-refractivity contribution >= 4 is 35.1 Å². The predicted molar refractivity (Wildman–Crippen MR) is 98.3 cm³/mol. The Hall–Kier alpha value is -2.69. The van der Waals surface area contributed by atoms with Crippen LogP contribution < -0.4 is 5.32 Å². The van der Waals surface area contributed by atoms with Crippen molar-refractivity contribution in [2.24, 2.45) is 0 Å². The quantitative estimate of drug-likeness (QED) is 0.543. The molecule has 3 rings (SSSR count). The fraction of sp³-hybridized carbons (Fsp3) is 0.118. The lowest BCUT2D eigenvalue weighted by atomic mass is 10.2. The van der Waals surface area contributed by atoms with Crippen LogP contribution in [0.3, 0.4) is 0 Å². The van der Waals surface area contributed by atoms with Gasteiger partial charge in [0.05, 0.1) is 4.88 Å². The van der Waals surface area contributed by atoms with Crippen LogP contribution in [0.1, 0.15) is 12.0 Å². The van der Waals surface area contributed by atoms with Crippen LogP contribution in [0.5, 0.6) is 0 Å². The summed E-state index contributed by atoms with van der Waals surface area (Å²) in [4.78, 5) is 13.2. The van der Waals surface area contributed by atoms with Gasteiger partial charge in [-0.15, -0.1) is 17.8 Å². The third kappa shape index (κ3) is 3.62. The van der Waals surface area contributed by atoms with Crippen LogP contribution in [0.25, 0.3) is 10.7 Å². The summed E-state index contributed by atoms with van der Waals surface area (Å²) in [5, 5.41) is 11.8. The standard InChI is InChI=1S/C17H14N4OS2/c1-2-12-5-3-6-13(11-12)18-15(22)8-9-21-16(19-20-17(21)23)14-7-4-10-24-14/h1,3-7,10-11H,8-9H2,(H,18,22)(H,20,23). The molecule has 0 atom stereocenters. The van der Waals surface area contributed by atoms with Gasteiger partial charge >= 0.3 is 0 Å². The van der Waals surface area contributed by atoms with Crippen molar-refractivity contribution in [3.63, 3.8) is 0 Å². The average Bonchev–Trinajstić information content (AvgIpc) is 3.22. The summed E-state index contributed by atoms with van der Waals surface area (Å²) < 4.78 is 2.33. The van der Waals surface area contributed by atoms with E-state index in [2.05, 4.69) is 21.4 Å². The average molecular weight is 354 g/mol. The van der Waals surface area contributed by atoms with Crippen molar-refractivity contribution in [3.8, 4) is 23.0 Å². The first-order chi connectivity index (χ1) is 11.7. The molecule has 24 heavy (non-hydrogen) atoms. The van der Waals surface area contributed by atoms with E-state index in [-0.39, 0.29) is 12.3 Å². The Morgan fingerprint density at radius 2 is 2.29 bits per heavy atom. The molecular formula is C17H14N4OS2. The number of anilines is 1. The molecule has 3 aromatic rings. The molecule has 2 aromatic heterocycles. The van der Waals surface area contributed by atoms with E-state index < -0.39 is 0 Å². The van der Waals surface area contributed by atoms with Crippen molar-refractivity contribution in [2.75, 3.05) is 5.32 Å². The van der Waals surface area contributed by atoms with Crippen molar-refractivity contribution in [1.29, 1.82) is 0 Å². The van der Waals surface area contributed by atoms with E-state index in [1.54, 1.807) is 23.5 Å². The molecule has 1 aromatic carbocycles. The van der Waals surface area contributed by atoms with E-state index in [1.165, 1.54) is 0 Å². The van der Waals surface area contributed by atoms with Crippen LogP contribution in [-0.4, -0.2) is 20.7 Å². The van der Waals surface area contributed by atoms with Crippen LogP contribution in [0.15, 0.2) is 41.8 Å². The van der Waals surface area contributed by atoms with Crippen molar-refractivity contribution in [2.45, 2.75) is 13.0 Å². The highest BCUT2D eigenvalue weighted by atomic mass is 32.1. The molecule has 5 nitrogen and oxygen atoms in total. The van der Waals surface area contributed by atoms with E-state index >= 15 is 0 Å². The molecular weight excluding hydrogens is 340 g/mol. The number of hydrogen-bond donors (Lipinski definition) is 2. The Labute approximate surface area is 148 Å². The highest BCUT2D eigenvalue weighted by molar-refractivity contribution is 7.71. The topological polar surface area (TPSA) is 62.7 Å². The summed E-state index contributed by atoms with van der Waals surface area (Å²) in [5.41, 5.74) is 1.41. The van der Waals surface area contributed by atoms with Crippen molar-refractivity contribution in [3.05, 3.63) is 52.1 Å². The highest BCUT2D eigenvalue weighted by Crippen LogP contribution is 2.23. The van der Waals surface area contributed by atoms with Gasteiger partial charge in [-0.05, 0) is 41.9 Å². The molecule has 0 bridgehead atoms. The van der Waals surface area contributed by atoms with Crippen LogP contribution in [-0.2, 0) is 11.3 Å². The second kappa shape index (κ2) is 7.25. The summed E-state index contributed by atoms with van der Waals surface area (Å²) in [7, 11) is 0. The molecule has 7 heteroatoms. The lowest BCUT2D eigenvalue weighted by Crippen LogP contribution is -2.15. The van der Waals surface area contributed by atoms with Gasteiger partial charge < -0.3 is 5.32 Å². The summed E-state index contributed by atoms with van der Waals surface area (Å²) >= 11 is 6.83. The smallest absolute Gasteiger partial charge is 0.226 e. The van der Waals surface area contributed by atoms with Gasteiger partial charge in [-0.25, -0.2) is 0 Å². The van der Waals surface area contributed by atoms with E-state index in [0.717, 1.165) is 16.3 Å². The molecule has 0 saturated heterocycles. The zero-order chi connectivity index (χ0) is 16.9. The fourth-order valence-electron chi connectivity index (χ4n) is 2.24. The minimum Gasteiger partial charge on any atom is -0.326 e. The van der Waals surface area contributed by atoms with E-state index in [9.17, 15) is 4.79 Å². The number of aromatic nitrogens is 3. The third-order valence-electron chi connectivity index (χ3n) is 3.38. The molecule has 0 aliphatic heterocycles. The fourth-order valence-corrected chi connectivity index (χ4v) is 3.19. The molecule has 0 unspecified atom stereocenters. The Kier molecular flexibility index (Phi) is 4.89. The Morgan fingerprint density at radius 3 is 3.04 bits per heavy atom. The number of H-pyrrole nitrogens is 1. The number of carbonyl (C=O) groups excluding carboxylic acids is 1. The van der Waals surface area contributed by atoms with Gasteiger partial charge in [-0.1, -0.05) is 18.1 Å². The van der Waals surface area contributed by atoms with Gasteiger partial charge in [0.25, 0.3) is 0 Å². The van der Waals surface area contributed by atoms with Gasteiger partial charge in [-0.2, -0.15) is 5.10 Å². The molecule has 2 heterocycles. The second-order valence-corrected chi connectivity index (χ2v) is 6.34. The summed E-state index contributed by atoms with van der Waals surface area (Å²) in [6.07, 6.45) is 5.65. The van der Waals surface area contributed by atoms with Gasteiger partial charge in [-0.3, -0.25) is 14.5 Å². The second-order valence-electron chi connectivity index (χ2n) is 5.00. The van der Waals surface area contributed by atoms with E-state index in [4.69, 9.17) is 18.6 Å². The maximum atomic E-state index is 12.2. The third-order valence-corrected chi connectivity index (χ3v) is 4.55. The number of aromatic amines is 1. The maximum absolute atomic E-state index is 12.2. The molecule has 0 saturated carbocycles. The summed E-state index contributed by atoms with van der Waals surface area (Å²) in [5.74, 6) is 3.19. The lowest BCUT2D eigenvalue weighted by Gasteiger charge is -2.07. The molecule has 0 fully saturated rings. The van der Waals surface area contributed by atoms with Crippen molar-refractivity contribution < 1.29 is 4.79 Å². The van der Waals surface area contributed by atoms with Gasteiger partial charge in [0, 0.05) is 24.2 Å². The zero-order valence-corrected chi connectivity index (χ0v) is 14.3. The molecule has 120 valence electrons. The maximum Gasteiger partial charge on any atom is 0.226 e. The van der Waals surface area contributed by atoms with Crippen LogP contribution in [0, 0.1) is 17.1 Å². The zero-order valence-electron chi connectivity index (χ0n) is 12.7. The van der Waals surface area contributed by atoms with Crippen LogP contribution >= 0.6 is 23.6 Å². The molecule has 0 aliphatic rings. The summed E-state index contributed by atoms with van der Waals surface area (Å²) in [6, 6.07) is 11.1. The Morgan fingerprint density at radius 1 is 1.42 bits per heavy atom. The number of benzene rings is 1. The molecule has 0 radical (unpaired) electrons. The predicted octanol–water partition coefficient (Wildman–Crippen LogP) is 3.68. The van der Waals surface area contributed by atoms with Gasteiger partial charge in [0.1, 0.15) is 0 Å². The lowest BCUT2D eigenvalue weighted by molar-refractivity contribution is -0.116. The van der Waals surface area contributed by atoms with E-state index in [1.807, 2.05) is 34.2 Å². The number of carbonyl (C=O) groups is 1. The number of nitrogens with one attached hydrogen (secondary N) is 2. The van der Waals surface area contributed by atoms with E-state index in [0.29, 0.717) is 17.0 Å². The number of rotatable bonds is 5. The van der Waals surface area contributed by atoms with Crippen LogP contribution in [0.2, 0.25) is 0 Å². The van der Waals surface area contributed by atoms with Crippen LogP contribution in [0.4, 0.5) is 5.69 Å². The van der Waals surface area contributed by atoms with Gasteiger partial charge in [0.2, 0.25) is 5.91 Å². The summed E-state index contributed by atoms with van der Waals surface area (Å²) in [6.45, 7) is 0.448. The Bertz CT molecular complexity index is 948. The molecule has 1 amide bonds. The largest absolute Gasteiger partial charge is 0.326 e. The highest BCUT2D eigenvalue weighted by Gasteiger charge is 2.11. The first-order valence-electron chi connectivity index (χ1n) is 7.23. The van der Waals surface area contributed by atoms with Gasteiger partial charge in [0.15, 0.2) is 10.6 Å². The first-order valence-corrected chi connectivity index (χ1v) is 8.52. The number of nitrogens with zero attached hydrogens (tertiary/aromatic N) is 2. The number of hydrogen-bond acceptors (Lipinski definition) is 4.